The molecule has 0 unspecified atom stereocenters. The molecule has 0 aliphatic heterocycles. The van der Waals surface area contributed by atoms with Crippen LogP contribution in [0.15, 0.2) is 0 Å². The van der Waals surface area contributed by atoms with Crippen LogP contribution in [0.2, 0.25) is 0 Å². The molecule has 0 bridgehead atoms. The Labute approximate surface area is 130 Å². The first kappa shape index (κ1) is 18.0. The van der Waals surface area contributed by atoms with Gasteiger partial charge >= 0.3 is 0 Å². The highest BCUT2D eigenvalue weighted by Gasteiger charge is 2.19. The second-order valence-corrected chi connectivity index (χ2v) is 6.83. The Morgan fingerprint density at radius 2 is 2.10 bits per heavy atom. The molecule has 0 radical (unpaired) electrons. The van der Waals surface area contributed by atoms with Crippen molar-refractivity contribution in [1.29, 1.82) is 0 Å². The van der Waals surface area contributed by atoms with E-state index in [9.17, 15) is 9.90 Å². The maximum Gasteiger partial charge on any atom is 0.240 e. The van der Waals surface area contributed by atoms with Crippen molar-refractivity contribution < 1.29 is 9.90 Å². The molecule has 0 saturated heterocycles. The van der Waals surface area contributed by atoms with E-state index in [0.717, 1.165) is 24.3 Å². The lowest BCUT2D eigenvalue weighted by Gasteiger charge is -2.27. The number of aryl methyl sites for hydroxylation is 1. The number of aromatic nitrogens is 2. The van der Waals surface area contributed by atoms with Crippen LogP contribution in [-0.4, -0.2) is 51.3 Å². The molecular formula is C14H26N4O2S. The highest BCUT2D eigenvalue weighted by atomic mass is 32.1. The molecule has 0 aliphatic rings. The smallest absolute Gasteiger partial charge is 0.240 e. The van der Waals surface area contributed by atoms with E-state index in [1.807, 2.05) is 11.8 Å². The Kier molecular flexibility index (Phi) is 7.21. The summed E-state index contributed by atoms with van der Waals surface area (Å²) < 4.78 is 0. The van der Waals surface area contributed by atoms with E-state index in [2.05, 4.69) is 22.4 Å². The minimum atomic E-state index is -0.813. The van der Waals surface area contributed by atoms with Crippen molar-refractivity contribution in [3.63, 3.8) is 0 Å². The largest absolute Gasteiger partial charge is 0.389 e. The normalized spacial score (nSPS) is 11.9. The molecule has 1 amide bonds. The Balaban J connectivity index is 2.46. The van der Waals surface area contributed by atoms with Gasteiger partial charge in [0.25, 0.3) is 0 Å². The number of nitrogens with one attached hydrogen (secondary N) is 1. The summed E-state index contributed by atoms with van der Waals surface area (Å²) in [6.07, 6.45) is 3.10. The van der Waals surface area contributed by atoms with Crippen molar-refractivity contribution in [2.24, 2.45) is 0 Å². The Morgan fingerprint density at radius 1 is 1.38 bits per heavy atom. The molecule has 2 N–H and O–H groups in total. The Morgan fingerprint density at radius 3 is 2.67 bits per heavy atom. The minimum absolute atomic E-state index is 0.126. The van der Waals surface area contributed by atoms with Gasteiger partial charge in [-0.05, 0) is 26.8 Å². The van der Waals surface area contributed by atoms with Crippen LogP contribution in [0.25, 0.3) is 0 Å². The molecule has 0 spiro atoms. The van der Waals surface area contributed by atoms with Crippen LogP contribution >= 0.6 is 11.3 Å². The number of likely N-dealkylation sites (N-methyl/N-ethyl adjacent to an activating group) is 1. The fraction of sp³-hybridized carbons (Fsp3) is 0.786. The lowest BCUT2D eigenvalue weighted by Crippen LogP contribution is -2.42. The quantitative estimate of drug-likeness (QED) is 0.728. The maximum atomic E-state index is 12.0. The van der Waals surface area contributed by atoms with Gasteiger partial charge in [0.1, 0.15) is 5.01 Å². The van der Waals surface area contributed by atoms with Gasteiger partial charge in [0.15, 0.2) is 0 Å². The van der Waals surface area contributed by atoms with Gasteiger partial charge < -0.3 is 5.11 Å². The lowest BCUT2D eigenvalue weighted by molar-refractivity contribution is -0.117. The number of hydrogen-bond acceptors (Lipinski definition) is 6. The van der Waals surface area contributed by atoms with Crippen LogP contribution < -0.4 is 5.32 Å². The zero-order chi connectivity index (χ0) is 15.9. The summed E-state index contributed by atoms with van der Waals surface area (Å²) in [5.74, 6) is -0.126. The van der Waals surface area contributed by atoms with E-state index in [1.54, 1.807) is 13.8 Å². The van der Waals surface area contributed by atoms with Crippen molar-refractivity contribution in [2.75, 3.05) is 25.0 Å². The second-order valence-electron chi connectivity index (χ2n) is 5.77. The van der Waals surface area contributed by atoms with Gasteiger partial charge in [0.2, 0.25) is 11.0 Å². The highest BCUT2D eigenvalue weighted by Crippen LogP contribution is 2.17. The van der Waals surface area contributed by atoms with Gasteiger partial charge in [0.05, 0.1) is 12.1 Å². The summed E-state index contributed by atoms with van der Waals surface area (Å²) >= 11 is 1.43. The maximum absolute atomic E-state index is 12.0. The SMILES string of the molecule is CCCCc1nnc(NC(=O)CN(CC)CC(C)(C)O)s1. The van der Waals surface area contributed by atoms with Gasteiger partial charge in [-0.3, -0.25) is 15.0 Å². The molecule has 0 aliphatic carbocycles. The summed E-state index contributed by atoms with van der Waals surface area (Å²) in [5, 5.41) is 22.1. The topological polar surface area (TPSA) is 78.4 Å². The van der Waals surface area contributed by atoms with Gasteiger partial charge in [0, 0.05) is 13.0 Å². The number of unbranched alkanes of at least 4 members (excludes halogenated alkanes) is 1. The van der Waals surface area contributed by atoms with Gasteiger partial charge in [-0.15, -0.1) is 10.2 Å². The zero-order valence-electron chi connectivity index (χ0n) is 13.3. The summed E-state index contributed by atoms with van der Waals surface area (Å²) in [6, 6.07) is 0. The van der Waals surface area contributed by atoms with Gasteiger partial charge in [-0.2, -0.15) is 0 Å². The summed E-state index contributed by atoms with van der Waals surface area (Å²) in [6.45, 7) is 8.96. The Bertz CT molecular complexity index is 442. The molecule has 1 rings (SSSR count). The van der Waals surface area contributed by atoms with Crippen LogP contribution in [0.3, 0.4) is 0 Å². The average molecular weight is 314 g/mol. The first-order valence-electron chi connectivity index (χ1n) is 7.41. The number of rotatable bonds is 9. The number of aliphatic hydroxyl groups is 1. The molecule has 120 valence electrons. The van der Waals surface area contributed by atoms with E-state index < -0.39 is 5.60 Å². The first-order chi connectivity index (χ1) is 9.84. The van der Waals surface area contributed by atoms with Gasteiger partial charge in [-0.1, -0.05) is 31.6 Å². The van der Waals surface area contributed by atoms with E-state index >= 15 is 0 Å². The number of hydrogen-bond donors (Lipinski definition) is 2. The molecule has 0 aromatic carbocycles. The molecule has 7 heteroatoms. The van der Waals surface area contributed by atoms with Crippen LogP contribution in [0.1, 0.15) is 45.5 Å². The number of carbonyl (C=O) groups is 1. The number of anilines is 1. The minimum Gasteiger partial charge on any atom is -0.389 e. The number of carbonyl (C=O) groups excluding carboxylic acids is 1. The lowest BCUT2D eigenvalue weighted by atomic mass is 10.1. The molecular weight excluding hydrogens is 288 g/mol. The first-order valence-corrected chi connectivity index (χ1v) is 8.22. The summed E-state index contributed by atoms with van der Waals surface area (Å²) in [4.78, 5) is 13.9. The summed E-state index contributed by atoms with van der Waals surface area (Å²) in [7, 11) is 0. The average Bonchev–Trinajstić information content (AvgIpc) is 2.81. The van der Waals surface area contributed by atoms with E-state index in [0.29, 0.717) is 18.2 Å². The molecule has 1 aromatic heterocycles. The highest BCUT2D eigenvalue weighted by molar-refractivity contribution is 7.15. The fourth-order valence-electron chi connectivity index (χ4n) is 1.92. The third-order valence-electron chi connectivity index (χ3n) is 2.88. The third-order valence-corrected chi connectivity index (χ3v) is 3.78. The Hall–Kier alpha value is -1.05. The predicted molar refractivity (Wildman–Crippen MR) is 85.6 cm³/mol. The number of amides is 1. The molecule has 0 atom stereocenters. The second kappa shape index (κ2) is 8.41. The van der Waals surface area contributed by atoms with Crippen LogP contribution in [0.4, 0.5) is 5.13 Å². The summed E-state index contributed by atoms with van der Waals surface area (Å²) in [5.41, 5.74) is -0.813. The molecule has 0 fully saturated rings. The molecule has 1 heterocycles. The fourth-order valence-corrected chi connectivity index (χ4v) is 2.72. The molecule has 21 heavy (non-hydrogen) atoms. The zero-order valence-corrected chi connectivity index (χ0v) is 14.2. The predicted octanol–water partition coefficient (Wildman–Crippen LogP) is 1.91. The molecule has 0 saturated carbocycles. The van der Waals surface area contributed by atoms with Crippen LogP contribution in [-0.2, 0) is 11.2 Å². The number of nitrogens with zero attached hydrogens (tertiary/aromatic N) is 3. The van der Waals surface area contributed by atoms with Crippen molar-refractivity contribution in [2.45, 2.75) is 52.6 Å². The van der Waals surface area contributed by atoms with Crippen LogP contribution in [0, 0.1) is 0 Å². The van der Waals surface area contributed by atoms with E-state index in [1.165, 1.54) is 11.3 Å². The van der Waals surface area contributed by atoms with Crippen molar-refractivity contribution in [3.8, 4) is 0 Å². The molecule has 1 aromatic rings. The van der Waals surface area contributed by atoms with Crippen molar-refractivity contribution in [3.05, 3.63) is 5.01 Å². The van der Waals surface area contributed by atoms with Gasteiger partial charge in [-0.25, -0.2) is 0 Å². The third kappa shape index (κ3) is 7.50. The van der Waals surface area contributed by atoms with E-state index in [-0.39, 0.29) is 12.5 Å². The monoisotopic (exact) mass is 314 g/mol. The van der Waals surface area contributed by atoms with Crippen molar-refractivity contribution in [1.82, 2.24) is 15.1 Å². The van der Waals surface area contributed by atoms with Crippen molar-refractivity contribution >= 4 is 22.4 Å². The van der Waals surface area contributed by atoms with Crippen LogP contribution in [0.5, 0.6) is 0 Å². The molecule has 6 nitrogen and oxygen atoms in total. The standard InChI is InChI=1S/C14H26N4O2S/c1-5-7-8-12-16-17-13(21-12)15-11(19)9-18(6-2)10-14(3,4)20/h20H,5-10H2,1-4H3,(H,15,17,19). The van der Waals surface area contributed by atoms with E-state index in [4.69, 9.17) is 0 Å².